The second-order valence-corrected chi connectivity index (χ2v) is 13.3. The molecular formula is C41H44NOP. The van der Waals surface area contributed by atoms with Crippen molar-refractivity contribution in [2.75, 3.05) is 7.05 Å². The van der Waals surface area contributed by atoms with Gasteiger partial charge in [-0.3, -0.25) is 4.99 Å². The number of hydrogen-bond acceptors (Lipinski definition) is 2. The monoisotopic (exact) mass is 597 g/mol. The average Bonchev–Trinajstić information content (AvgIpc) is 3.06. The number of benzene rings is 5. The summed E-state index contributed by atoms with van der Waals surface area (Å²) in [5.74, 6) is 1.05. The molecule has 0 amide bonds. The van der Waals surface area contributed by atoms with Gasteiger partial charge in [-0.25, -0.2) is 0 Å². The lowest BCUT2D eigenvalue weighted by Crippen LogP contribution is -2.25. The van der Waals surface area contributed by atoms with E-state index < -0.39 is 0 Å². The minimum Gasteiger partial charge on any atom is -0.488 e. The second kappa shape index (κ2) is 15.6. The molecule has 224 valence electrons. The third-order valence-corrected chi connectivity index (χ3v) is 10.4. The molecular weight excluding hydrogens is 553 g/mol. The summed E-state index contributed by atoms with van der Waals surface area (Å²) in [4.78, 5) is 4.40. The van der Waals surface area contributed by atoms with E-state index >= 15 is 0 Å². The van der Waals surface area contributed by atoms with Crippen LogP contribution in [-0.2, 0) is 24.6 Å². The Morgan fingerprint density at radius 3 is 1.89 bits per heavy atom. The molecule has 0 spiro atoms. The smallest absolute Gasteiger partial charge is 0.127 e. The first-order valence-corrected chi connectivity index (χ1v) is 16.8. The van der Waals surface area contributed by atoms with Crippen LogP contribution in [0.1, 0.15) is 72.1 Å². The van der Waals surface area contributed by atoms with Gasteiger partial charge in [-0.2, -0.15) is 0 Å². The molecule has 0 aliphatic rings. The van der Waals surface area contributed by atoms with E-state index in [0.29, 0.717) is 15.2 Å². The summed E-state index contributed by atoms with van der Waals surface area (Å²) in [7, 11) is 2.44. The lowest BCUT2D eigenvalue weighted by Gasteiger charge is -2.37. The third kappa shape index (κ3) is 7.93. The van der Waals surface area contributed by atoms with Crippen molar-refractivity contribution >= 4 is 20.1 Å². The third-order valence-electron chi connectivity index (χ3n) is 8.34. The Balaban J connectivity index is 1.71. The van der Waals surface area contributed by atoms with E-state index in [1.807, 2.05) is 13.3 Å². The van der Waals surface area contributed by atoms with Crippen LogP contribution in [0.5, 0.6) is 5.75 Å². The zero-order valence-corrected chi connectivity index (χ0v) is 27.3. The SMILES string of the molecule is CCCC(CC)(Pc1ccccc1/C=N/C)c1cc(Cc2ccccc2)cc(Cc2ccccc2)c1OCc1ccccc1. The van der Waals surface area contributed by atoms with Gasteiger partial charge in [0.05, 0.1) is 0 Å². The van der Waals surface area contributed by atoms with Crippen molar-refractivity contribution in [2.24, 2.45) is 4.99 Å². The van der Waals surface area contributed by atoms with Gasteiger partial charge in [0.1, 0.15) is 12.4 Å². The Morgan fingerprint density at radius 1 is 0.682 bits per heavy atom. The normalized spacial score (nSPS) is 13.0. The predicted octanol–water partition coefficient (Wildman–Crippen LogP) is 9.91. The second-order valence-electron chi connectivity index (χ2n) is 11.5. The Kier molecular flexibility index (Phi) is 11.2. The van der Waals surface area contributed by atoms with Crippen molar-refractivity contribution in [3.63, 3.8) is 0 Å². The summed E-state index contributed by atoms with van der Waals surface area (Å²) >= 11 is 0. The van der Waals surface area contributed by atoms with Gasteiger partial charge in [-0.15, -0.1) is 0 Å². The molecule has 0 bridgehead atoms. The number of hydrogen-bond donors (Lipinski definition) is 0. The van der Waals surface area contributed by atoms with Crippen molar-refractivity contribution in [3.8, 4) is 5.75 Å². The van der Waals surface area contributed by atoms with Crippen LogP contribution >= 0.6 is 8.58 Å². The molecule has 0 aliphatic carbocycles. The summed E-state index contributed by atoms with van der Waals surface area (Å²) in [6.45, 7) is 5.22. The van der Waals surface area contributed by atoms with Gasteiger partial charge in [0.15, 0.2) is 0 Å². The Hall–Kier alpha value is -4.00. The van der Waals surface area contributed by atoms with Gasteiger partial charge >= 0.3 is 0 Å². The van der Waals surface area contributed by atoms with E-state index in [4.69, 9.17) is 4.74 Å². The summed E-state index contributed by atoms with van der Waals surface area (Å²) < 4.78 is 6.98. The van der Waals surface area contributed by atoms with Crippen LogP contribution in [0, 0.1) is 0 Å². The number of nitrogens with zero attached hydrogens (tertiary/aromatic N) is 1. The van der Waals surface area contributed by atoms with Crippen LogP contribution < -0.4 is 10.0 Å². The molecule has 5 aromatic carbocycles. The van der Waals surface area contributed by atoms with E-state index in [-0.39, 0.29) is 5.16 Å². The van der Waals surface area contributed by atoms with Crippen molar-refractivity contribution in [3.05, 3.63) is 166 Å². The highest BCUT2D eigenvalue weighted by atomic mass is 31.1. The molecule has 0 N–H and O–H groups in total. The molecule has 0 aliphatic heterocycles. The Morgan fingerprint density at radius 2 is 1.27 bits per heavy atom. The van der Waals surface area contributed by atoms with E-state index in [1.54, 1.807) is 0 Å². The largest absolute Gasteiger partial charge is 0.488 e. The maximum atomic E-state index is 6.98. The fraction of sp³-hybridized carbons (Fsp3) is 0.244. The lowest BCUT2D eigenvalue weighted by molar-refractivity contribution is 0.295. The van der Waals surface area contributed by atoms with Gasteiger partial charge in [0.25, 0.3) is 0 Å². The Bertz CT molecular complexity index is 1630. The maximum absolute atomic E-state index is 6.98. The molecule has 2 atom stereocenters. The van der Waals surface area contributed by atoms with Crippen LogP contribution in [0.4, 0.5) is 0 Å². The average molecular weight is 598 g/mol. The molecule has 2 unspecified atom stereocenters. The van der Waals surface area contributed by atoms with E-state index in [9.17, 15) is 0 Å². The lowest BCUT2D eigenvalue weighted by atomic mass is 9.85. The summed E-state index contributed by atoms with van der Waals surface area (Å²) in [6.07, 6.45) is 6.93. The van der Waals surface area contributed by atoms with Crippen LogP contribution in [-0.4, -0.2) is 13.3 Å². The quantitative estimate of drug-likeness (QED) is 0.0922. The van der Waals surface area contributed by atoms with E-state index in [1.165, 1.54) is 44.2 Å². The van der Waals surface area contributed by atoms with Crippen molar-refractivity contribution < 1.29 is 4.74 Å². The molecule has 0 saturated heterocycles. The summed E-state index contributed by atoms with van der Waals surface area (Å²) in [5, 5.41) is 1.29. The number of ether oxygens (including phenoxy) is 1. The van der Waals surface area contributed by atoms with Crippen LogP contribution in [0.25, 0.3) is 0 Å². The summed E-state index contributed by atoms with van der Waals surface area (Å²) in [6, 6.07) is 45.9. The standard InChI is InChI=1S/C41H44NOP/c1-4-25-41(5-2,44-39-24-16-15-23-36(39)30-42-3)38-29-35(26-32-17-9-6-10-18-32)28-37(27-33-19-11-7-12-20-33)40(38)43-31-34-21-13-8-14-22-34/h6-24,28-30,44H,4-5,25-27,31H2,1-3H3/b42-30+. The summed E-state index contributed by atoms with van der Waals surface area (Å²) in [5.41, 5.74) is 8.96. The first-order chi connectivity index (χ1) is 21.6. The number of aliphatic imine (C=N–C) groups is 1. The molecule has 5 aromatic rings. The zero-order chi connectivity index (χ0) is 30.6. The minimum atomic E-state index is -0.0728. The van der Waals surface area contributed by atoms with Gasteiger partial charge in [-0.05, 0) is 57.9 Å². The van der Waals surface area contributed by atoms with Gasteiger partial charge < -0.3 is 4.74 Å². The molecule has 0 saturated carbocycles. The van der Waals surface area contributed by atoms with Crippen molar-refractivity contribution in [1.82, 2.24) is 0 Å². The predicted molar refractivity (Wildman–Crippen MR) is 190 cm³/mol. The van der Waals surface area contributed by atoms with Gasteiger partial charge in [0.2, 0.25) is 0 Å². The first kappa shape index (κ1) is 31.4. The van der Waals surface area contributed by atoms with E-state index in [2.05, 4.69) is 146 Å². The highest BCUT2D eigenvalue weighted by Crippen LogP contribution is 2.52. The first-order valence-electron chi connectivity index (χ1n) is 15.8. The van der Waals surface area contributed by atoms with E-state index in [0.717, 1.165) is 37.9 Å². The van der Waals surface area contributed by atoms with Gasteiger partial charge in [0, 0.05) is 30.4 Å². The number of rotatable bonds is 14. The highest BCUT2D eigenvalue weighted by molar-refractivity contribution is 7.48. The van der Waals surface area contributed by atoms with Crippen molar-refractivity contribution in [2.45, 2.75) is 57.7 Å². The fourth-order valence-electron chi connectivity index (χ4n) is 6.16. The molecule has 0 radical (unpaired) electrons. The molecule has 3 heteroatoms. The van der Waals surface area contributed by atoms with Crippen LogP contribution in [0.15, 0.2) is 132 Å². The zero-order valence-electron chi connectivity index (χ0n) is 26.3. The highest BCUT2D eigenvalue weighted by Gasteiger charge is 2.35. The maximum Gasteiger partial charge on any atom is 0.127 e. The molecule has 44 heavy (non-hydrogen) atoms. The molecule has 0 fully saturated rings. The van der Waals surface area contributed by atoms with Gasteiger partial charge in [-0.1, -0.05) is 156 Å². The Labute approximate surface area is 266 Å². The molecule has 0 aromatic heterocycles. The molecule has 2 nitrogen and oxygen atoms in total. The van der Waals surface area contributed by atoms with Crippen LogP contribution in [0.3, 0.4) is 0 Å². The topological polar surface area (TPSA) is 21.6 Å². The molecule has 5 rings (SSSR count). The fourth-order valence-corrected chi connectivity index (χ4v) is 8.02. The van der Waals surface area contributed by atoms with Crippen molar-refractivity contribution in [1.29, 1.82) is 0 Å². The van der Waals surface area contributed by atoms with Crippen LogP contribution in [0.2, 0.25) is 0 Å². The minimum absolute atomic E-state index is 0.0728. The molecule has 0 heterocycles.